The van der Waals surface area contributed by atoms with E-state index in [1.54, 1.807) is 0 Å². The van der Waals surface area contributed by atoms with Crippen LogP contribution in [0.15, 0.2) is 85.2 Å². The van der Waals surface area contributed by atoms with Crippen molar-refractivity contribution in [2.75, 3.05) is 0 Å². The molecule has 1 aliphatic heterocycles. The molecule has 3 nitrogen and oxygen atoms in total. The Morgan fingerprint density at radius 2 is 1.44 bits per heavy atom. The van der Waals surface area contributed by atoms with Crippen LogP contribution in [-0.4, -0.2) is 8.97 Å². The highest BCUT2D eigenvalue weighted by Crippen LogP contribution is 2.35. The minimum absolute atomic E-state index is 0.941. The topological polar surface area (TPSA) is 13.2 Å². The third-order valence-corrected chi connectivity index (χ3v) is 5.20. The molecule has 0 unspecified atom stereocenters. The lowest BCUT2D eigenvalue weighted by Crippen LogP contribution is -2.29. The Balaban J connectivity index is 1.84. The van der Waals surface area contributed by atoms with Crippen molar-refractivity contribution in [2.45, 2.75) is 6.54 Å². The molecule has 3 aromatic carbocycles. The summed E-state index contributed by atoms with van der Waals surface area (Å²) in [6.45, 7) is 0.941. The number of hydrogen-bond acceptors (Lipinski definition) is 0. The molecule has 0 saturated carbocycles. The maximum absolute atomic E-state index is 2.38. The van der Waals surface area contributed by atoms with Crippen LogP contribution >= 0.6 is 0 Å². The molecule has 1 aliphatic rings. The molecule has 0 bridgehead atoms. The smallest absolute Gasteiger partial charge is 0.260 e. The van der Waals surface area contributed by atoms with E-state index >= 15 is 0 Å². The van der Waals surface area contributed by atoms with Crippen molar-refractivity contribution >= 4 is 16.7 Å². The average Bonchev–Trinajstić information content (AvgIpc) is 3.29. The molecule has 2 aromatic heterocycles. The van der Waals surface area contributed by atoms with Gasteiger partial charge in [-0.15, -0.1) is 0 Å². The highest BCUT2D eigenvalue weighted by atomic mass is 15.2. The van der Waals surface area contributed by atoms with Gasteiger partial charge in [-0.2, -0.15) is 4.40 Å². The number of fused-ring (bicyclic) bond motifs is 7. The van der Waals surface area contributed by atoms with E-state index in [1.165, 1.54) is 39.2 Å². The van der Waals surface area contributed by atoms with Gasteiger partial charge in [0, 0.05) is 16.8 Å². The van der Waals surface area contributed by atoms with E-state index in [-0.39, 0.29) is 0 Å². The van der Waals surface area contributed by atoms with Crippen LogP contribution in [-0.2, 0) is 6.54 Å². The van der Waals surface area contributed by atoms with E-state index in [0.717, 1.165) is 6.54 Å². The molecule has 0 atom stereocenters. The first-order valence-electron chi connectivity index (χ1n) is 8.59. The maximum Gasteiger partial charge on any atom is 0.260 e. The summed E-state index contributed by atoms with van der Waals surface area (Å²) in [7, 11) is 0. The van der Waals surface area contributed by atoms with Crippen molar-refractivity contribution < 1.29 is 4.57 Å². The van der Waals surface area contributed by atoms with Crippen LogP contribution in [0, 0.1) is 0 Å². The van der Waals surface area contributed by atoms with E-state index in [2.05, 4.69) is 98.7 Å². The summed E-state index contributed by atoms with van der Waals surface area (Å²) in [5, 5.41) is 0. The highest BCUT2D eigenvalue weighted by molar-refractivity contribution is 5.90. The molecule has 0 saturated heterocycles. The zero-order valence-electron chi connectivity index (χ0n) is 13.6. The molecule has 0 aliphatic carbocycles. The van der Waals surface area contributed by atoms with Crippen molar-refractivity contribution in [3.63, 3.8) is 0 Å². The summed E-state index contributed by atoms with van der Waals surface area (Å²) in [4.78, 5) is 0. The van der Waals surface area contributed by atoms with Crippen molar-refractivity contribution in [1.82, 2.24) is 8.97 Å². The summed E-state index contributed by atoms with van der Waals surface area (Å²) in [5.74, 6) is 0. The summed E-state index contributed by atoms with van der Waals surface area (Å²) in [6.07, 6.45) is 2.24. The first-order valence-corrected chi connectivity index (χ1v) is 8.59. The Morgan fingerprint density at radius 3 is 2.32 bits per heavy atom. The molecule has 3 heteroatoms. The van der Waals surface area contributed by atoms with Gasteiger partial charge in [-0.05, 0) is 24.3 Å². The van der Waals surface area contributed by atoms with E-state index < -0.39 is 0 Å². The van der Waals surface area contributed by atoms with E-state index in [1.807, 2.05) is 0 Å². The van der Waals surface area contributed by atoms with Gasteiger partial charge in [-0.3, -0.25) is 4.57 Å². The van der Waals surface area contributed by atoms with Crippen LogP contribution in [0.4, 0.5) is 0 Å². The molecule has 3 heterocycles. The number of aromatic nitrogens is 3. The van der Waals surface area contributed by atoms with Crippen molar-refractivity contribution in [3.8, 4) is 16.9 Å². The third kappa shape index (κ3) is 1.62. The molecule has 0 spiro atoms. The van der Waals surface area contributed by atoms with Gasteiger partial charge in [0.1, 0.15) is 6.54 Å². The second-order valence-corrected chi connectivity index (χ2v) is 6.60. The van der Waals surface area contributed by atoms with Gasteiger partial charge < -0.3 is 0 Å². The van der Waals surface area contributed by atoms with Crippen LogP contribution in [0.5, 0.6) is 0 Å². The number of nitrogens with zero attached hydrogens (tertiary/aromatic N) is 3. The number of imidazole rings is 2. The Labute approximate surface area is 145 Å². The summed E-state index contributed by atoms with van der Waals surface area (Å²) < 4.78 is 7.07. The van der Waals surface area contributed by atoms with Crippen molar-refractivity contribution in [2.24, 2.45) is 0 Å². The van der Waals surface area contributed by atoms with Gasteiger partial charge in [0.05, 0.1) is 5.52 Å². The molecule has 5 aromatic rings. The molecule has 0 N–H and O–H groups in total. The van der Waals surface area contributed by atoms with Crippen molar-refractivity contribution in [3.05, 3.63) is 90.8 Å². The fourth-order valence-electron chi connectivity index (χ4n) is 4.16. The lowest BCUT2D eigenvalue weighted by atomic mass is 10.1. The fraction of sp³-hybridized carbons (Fsp3) is 0.0455. The van der Waals surface area contributed by atoms with Gasteiger partial charge in [0.2, 0.25) is 5.69 Å². The maximum atomic E-state index is 2.38. The summed E-state index contributed by atoms with van der Waals surface area (Å²) in [6, 6.07) is 28.0. The predicted molar refractivity (Wildman–Crippen MR) is 99.0 cm³/mol. The molecule has 0 radical (unpaired) electrons. The van der Waals surface area contributed by atoms with E-state index in [9.17, 15) is 0 Å². The first kappa shape index (κ1) is 13.0. The Kier molecular flexibility index (Phi) is 2.40. The van der Waals surface area contributed by atoms with Gasteiger partial charge in [-0.25, -0.2) is 4.57 Å². The quantitative estimate of drug-likeness (QED) is 0.403. The summed E-state index contributed by atoms with van der Waals surface area (Å²) >= 11 is 0. The number of benzene rings is 3. The van der Waals surface area contributed by atoms with Gasteiger partial charge in [0.25, 0.3) is 12.0 Å². The minimum Gasteiger partial charge on any atom is -0.269 e. The fourth-order valence-corrected chi connectivity index (χ4v) is 4.16. The number of hydrogen-bond donors (Lipinski definition) is 0. The van der Waals surface area contributed by atoms with Crippen molar-refractivity contribution in [1.29, 1.82) is 0 Å². The Morgan fingerprint density at radius 1 is 0.720 bits per heavy atom. The Hall–Kier alpha value is -3.33. The van der Waals surface area contributed by atoms with Crippen LogP contribution in [0.1, 0.15) is 5.56 Å². The predicted octanol–water partition coefficient (Wildman–Crippen LogP) is 4.20. The standard InChI is InChI=1S/C22H16N3/c1-2-9-17(10-3-1)25-20-13-7-6-12-19(20)24-15-23-14-16-8-4-5-11-18(16)21(23)22(24)25/h1-13,15H,14H2/q+1. The third-order valence-electron chi connectivity index (χ3n) is 5.20. The van der Waals surface area contributed by atoms with Crippen LogP contribution in [0.25, 0.3) is 33.6 Å². The SMILES string of the molecule is c1ccc(-n2c3ccccc3n3c[n+]4c(c23)-c2ccccc2C4)cc1. The largest absolute Gasteiger partial charge is 0.269 e. The van der Waals surface area contributed by atoms with Crippen LogP contribution in [0.2, 0.25) is 0 Å². The molecule has 118 valence electrons. The number of para-hydroxylation sites is 3. The minimum atomic E-state index is 0.941. The van der Waals surface area contributed by atoms with Gasteiger partial charge in [0.15, 0.2) is 5.52 Å². The zero-order chi connectivity index (χ0) is 16.4. The second-order valence-electron chi connectivity index (χ2n) is 6.60. The molecule has 0 fully saturated rings. The molecule has 0 amide bonds. The molecule has 25 heavy (non-hydrogen) atoms. The normalized spacial score (nSPS) is 12.6. The zero-order valence-corrected chi connectivity index (χ0v) is 13.6. The first-order chi connectivity index (χ1) is 12.4. The summed E-state index contributed by atoms with van der Waals surface area (Å²) in [5.41, 5.74) is 8.93. The van der Waals surface area contributed by atoms with Crippen LogP contribution in [0.3, 0.4) is 0 Å². The molecular weight excluding hydrogens is 306 g/mol. The Bertz CT molecular complexity index is 1260. The van der Waals surface area contributed by atoms with E-state index in [0.29, 0.717) is 0 Å². The monoisotopic (exact) mass is 322 g/mol. The second kappa shape index (κ2) is 4.61. The average molecular weight is 322 g/mol. The van der Waals surface area contributed by atoms with Gasteiger partial charge in [-0.1, -0.05) is 54.6 Å². The molecule has 6 rings (SSSR count). The van der Waals surface area contributed by atoms with Crippen LogP contribution < -0.4 is 4.57 Å². The van der Waals surface area contributed by atoms with Gasteiger partial charge >= 0.3 is 0 Å². The highest BCUT2D eigenvalue weighted by Gasteiger charge is 2.33. The lowest BCUT2D eigenvalue weighted by molar-refractivity contribution is -0.671. The lowest BCUT2D eigenvalue weighted by Gasteiger charge is -2.04. The van der Waals surface area contributed by atoms with E-state index in [4.69, 9.17) is 0 Å². The molecular formula is C22H16N3+. The number of rotatable bonds is 1.